The van der Waals surface area contributed by atoms with E-state index >= 15 is 0 Å². The topological polar surface area (TPSA) is 78.4 Å². The van der Waals surface area contributed by atoms with Gasteiger partial charge in [0.15, 0.2) is 0 Å². The monoisotopic (exact) mass is 412 g/mol. The number of carbonyl (C=O) groups excluding carboxylic acids is 1. The SMILES string of the molecule is Cc1cc(Nc2ccc(F)cn2)cc([C@@H]2CCCN2C(=O)CC2(O)CCCCC2)n1. The van der Waals surface area contributed by atoms with Gasteiger partial charge >= 0.3 is 0 Å². The number of likely N-dealkylation sites (tertiary alicyclic amines) is 1. The van der Waals surface area contributed by atoms with E-state index in [-0.39, 0.29) is 24.2 Å². The van der Waals surface area contributed by atoms with Crippen molar-refractivity contribution >= 4 is 17.4 Å². The highest BCUT2D eigenvalue weighted by Crippen LogP contribution is 2.36. The van der Waals surface area contributed by atoms with Crippen molar-refractivity contribution in [1.29, 1.82) is 0 Å². The molecule has 2 fully saturated rings. The summed E-state index contributed by atoms with van der Waals surface area (Å²) in [5.74, 6) is 0.179. The van der Waals surface area contributed by atoms with Gasteiger partial charge < -0.3 is 15.3 Å². The molecule has 1 saturated heterocycles. The van der Waals surface area contributed by atoms with Crippen LogP contribution in [0.15, 0.2) is 30.5 Å². The van der Waals surface area contributed by atoms with Crippen molar-refractivity contribution in [3.05, 3.63) is 47.7 Å². The van der Waals surface area contributed by atoms with Gasteiger partial charge in [-0.15, -0.1) is 0 Å². The van der Waals surface area contributed by atoms with Crippen LogP contribution in [0, 0.1) is 12.7 Å². The molecule has 2 N–H and O–H groups in total. The number of aromatic nitrogens is 2. The first kappa shape index (κ1) is 20.7. The Morgan fingerprint density at radius 1 is 1.27 bits per heavy atom. The smallest absolute Gasteiger partial charge is 0.226 e. The average molecular weight is 413 g/mol. The van der Waals surface area contributed by atoms with Crippen molar-refractivity contribution in [1.82, 2.24) is 14.9 Å². The molecule has 0 radical (unpaired) electrons. The van der Waals surface area contributed by atoms with Crippen LogP contribution in [0.5, 0.6) is 0 Å². The van der Waals surface area contributed by atoms with E-state index in [2.05, 4.69) is 10.3 Å². The number of halogens is 1. The van der Waals surface area contributed by atoms with Crippen molar-refractivity contribution in [3.8, 4) is 0 Å². The van der Waals surface area contributed by atoms with E-state index in [1.807, 2.05) is 24.0 Å². The first-order chi connectivity index (χ1) is 14.4. The number of nitrogens with zero attached hydrogens (tertiary/aromatic N) is 3. The first-order valence-corrected chi connectivity index (χ1v) is 10.8. The summed E-state index contributed by atoms with van der Waals surface area (Å²) in [5.41, 5.74) is 1.62. The van der Waals surface area contributed by atoms with Gasteiger partial charge in [-0.2, -0.15) is 0 Å². The number of pyridine rings is 2. The first-order valence-electron chi connectivity index (χ1n) is 10.8. The Morgan fingerprint density at radius 2 is 2.07 bits per heavy atom. The van der Waals surface area contributed by atoms with Crippen LogP contribution in [-0.2, 0) is 4.79 Å². The summed E-state index contributed by atoms with van der Waals surface area (Å²) in [5, 5.41) is 14.0. The van der Waals surface area contributed by atoms with Crippen LogP contribution in [0.4, 0.5) is 15.9 Å². The zero-order valence-electron chi connectivity index (χ0n) is 17.4. The third-order valence-corrected chi connectivity index (χ3v) is 6.15. The van der Waals surface area contributed by atoms with Crippen LogP contribution in [0.3, 0.4) is 0 Å². The Hall–Kier alpha value is -2.54. The Labute approximate surface area is 176 Å². The van der Waals surface area contributed by atoms with E-state index in [0.29, 0.717) is 25.2 Å². The summed E-state index contributed by atoms with van der Waals surface area (Å²) >= 11 is 0. The van der Waals surface area contributed by atoms with Crippen molar-refractivity contribution in [2.24, 2.45) is 0 Å². The van der Waals surface area contributed by atoms with Gasteiger partial charge in [-0.3, -0.25) is 9.78 Å². The van der Waals surface area contributed by atoms with Gasteiger partial charge in [-0.1, -0.05) is 19.3 Å². The lowest BCUT2D eigenvalue weighted by Gasteiger charge is -2.34. The zero-order valence-corrected chi connectivity index (χ0v) is 17.4. The number of hydrogen-bond donors (Lipinski definition) is 2. The van der Waals surface area contributed by atoms with E-state index in [9.17, 15) is 14.3 Å². The normalized spacial score (nSPS) is 20.9. The number of amides is 1. The summed E-state index contributed by atoms with van der Waals surface area (Å²) in [6, 6.07) is 6.69. The third-order valence-electron chi connectivity index (χ3n) is 6.15. The van der Waals surface area contributed by atoms with E-state index in [0.717, 1.165) is 49.2 Å². The van der Waals surface area contributed by atoms with E-state index in [4.69, 9.17) is 4.98 Å². The third kappa shape index (κ3) is 4.78. The van der Waals surface area contributed by atoms with Crippen LogP contribution in [0.2, 0.25) is 0 Å². The predicted molar refractivity (Wildman–Crippen MR) is 113 cm³/mol. The lowest BCUT2D eigenvalue weighted by atomic mass is 9.82. The van der Waals surface area contributed by atoms with Gasteiger partial charge in [0.2, 0.25) is 5.91 Å². The lowest BCUT2D eigenvalue weighted by molar-refractivity contribution is -0.138. The lowest BCUT2D eigenvalue weighted by Crippen LogP contribution is -2.40. The molecular weight excluding hydrogens is 383 g/mol. The molecule has 2 aromatic heterocycles. The van der Waals surface area contributed by atoms with Gasteiger partial charge in [0.05, 0.1) is 30.0 Å². The molecule has 1 aliphatic heterocycles. The number of hydrogen-bond acceptors (Lipinski definition) is 5. The molecule has 7 heteroatoms. The van der Waals surface area contributed by atoms with E-state index in [1.165, 1.54) is 12.3 Å². The highest BCUT2D eigenvalue weighted by Gasteiger charge is 2.37. The Balaban J connectivity index is 1.51. The second kappa shape index (κ2) is 8.68. The highest BCUT2D eigenvalue weighted by atomic mass is 19.1. The highest BCUT2D eigenvalue weighted by molar-refractivity contribution is 5.78. The second-order valence-electron chi connectivity index (χ2n) is 8.62. The minimum absolute atomic E-state index is 0.0138. The van der Waals surface area contributed by atoms with Crippen molar-refractivity contribution in [2.45, 2.75) is 69.9 Å². The molecule has 6 nitrogen and oxygen atoms in total. The van der Waals surface area contributed by atoms with Gasteiger partial charge in [0.25, 0.3) is 0 Å². The molecule has 0 unspecified atom stereocenters. The largest absolute Gasteiger partial charge is 0.389 e. The summed E-state index contributed by atoms with van der Waals surface area (Å²) in [4.78, 5) is 23.7. The molecule has 2 aromatic rings. The molecule has 30 heavy (non-hydrogen) atoms. The second-order valence-corrected chi connectivity index (χ2v) is 8.62. The summed E-state index contributed by atoms with van der Waals surface area (Å²) in [7, 11) is 0. The standard InChI is InChI=1S/C23H29FN4O2/c1-16-12-18(27-21-8-7-17(24)15-25-21)13-19(26-16)20-6-5-11-28(20)22(29)14-23(30)9-3-2-4-10-23/h7-8,12-13,15,20,30H,2-6,9-11,14H2,1H3,(H,25,26,27)/t20-/m0/s1. The number of aliphatic hydroxyl groups is 1. The van der Waals surface area contributed by atoms with Gasteiger partial charge in [0.1, 0.15) is 11.6 Å². The quantitative estimate of drug-likeness (QED) is 0.760. The number of anilines is 2. The Morgan fingerprint density at radius 3 is 2.80 bits per heavy atom. The van der Waals surface area contributed by atoms with E-state index < -0.39 is 5.60 Å². The Bertz CT molecular complexity index is 897. The molecule has 3 heterocycles. The number of aryl methyl sites for hydroxylation is 1. The van der Waals surface area contributed by atoms with Gasteiger partial charge in [-0.25, -0.2) is 9.37 Å². The van der Waals surface area contributed by atoms with E-state index in [1.54, 1.807) is 6.07 Å². The predicted octanol–water partition coefficient (Wildman–Crippen LogP) is 4.42. The van der Waals surface area contributed by atoms with Crippen LogP contribution in [0.25, 0.3) is 0 Å². The molecule has 1 aliphatic carbocycles. The summed E-state index contributed by atoms with van der Waals surface area (Å²) in [6.45, 7) is 2.61. The zero-order chi connectivity index (χ0) is 21.1. The molecule has 0 bridgehead atoms. The molecule has 160 valence electrons. The fraction of sp³-hybridized carbons (Fsp3) is 0.522. The molecular formula is C23H29FN4O2. The molecule has 1 amide bonds. The van der Waals surface area contributed by atoms with Crippen molar-refractivity contribution in [2.75, 3.05) is 11.9 Å². The summed E-state index contributed by atoms with van der Waals surface area (Å²) in [6.07, 6.45) is 7.66. The van der Waals surface area contributed by atoms with Crippen molar-refractivity contribution in [3.63, 3.8) is 0 Å². The van der Waals surface area contributed by atoms with Crippen LogP contribution < -0.4 is 5.32 Å². The maximum absolute atomic E-state index is 13.1. The number of nitrogens with one attached hydrogen (secondary N) is 1. The molecule has 2 aliphatic rings. The number of carbonyl (C=O) groups is 1. The van der Waals surface area contributed by atoms with Gasteiger partial charge in [0, 0.05) is 17.9 Å². The minimum atomic E-state index is -0.858. The Kier molecular flexibility index (Phi) is 5.99. The fourth-order valence-corrected chi connectivity index (χ4v) is 4.68. The molecule has 0 spiro atoms. The summed E-state index contributed by atoms with van der Waals surface area (Å²) < 4.78 is 13.1. The minimum Gasteiger partial charge on any atom is -0.389 e. The van der Waals surface area contributed by atoms with Crippen LogP contribution >= 0.6 is 0 Å². The van der Waals surface area contributed by atoms with Crippen molar-refractivity contribution < 1.29 is 14.3 Å². The van der Waals surface area contributed by atoms with Crippen LogP contribution in [0.1, 0.15) is 68.8 Å². The maximum Gasteiger partial charge on any atom is 0.226 e. The van der Waals surface area contributed by atoms with Gasteiger partial charge in [-0.05, 0) is 56.9 Å². The fourth-order valence-electron chi connectivity index (χ4n) is 4.68. The number of rotatable bonds is 5. The maximum atomic E-state index is 13.1. The average Bonchev–Trinajstić information content (AvgIpc) is 3.20. The molecule has 1 saturated carbocycles. The molecule has 1 atom stereocenters. The molecule has 4 rings (SSSR count). The van der Waals surface area contributed by atoms with Crippen LogP contribution in [-0.4, -0.2) is 38.0 Å². The molecule has 0 aromatic carbocycles.